The SMILES string of the molecule is Cc1c(N)cccc1SCC(=O)Nc1cc(C(C)C)no1. The molecule has 5 nitrogen and oxygen atoms in total. The number of nitrogens with two attached hydrogens (primary N) is 1. The second-order valence-electron chi connectivity index (χ2n) is 5.08. The van der Waals surface area contributed by atoms with Crippen LogP contribution in [0.15, 0.2) is 33.7 Å². The molecule has 112 valence electrons. The van der Waals surface area contributed by atoms with E-state index in [4.69, 9.17) is 10.3 Å². The van der Waals surface area contributed by atoms with Crippen molar-refractivity contribution in [2.75, 3.05) is 16.8 Å². The maximum absolute atomic E-state index is 11.9. The van der Waals surface area contributed by atoms with Crippen molar-refractivity contribution in [1.82, 2.24) is 5.16 Å². The Bertz CT molecular complexity index is 638. The van der Waals surface area contributed by atoms with Crippen LogP contribution in [0.4, 0.5) is 11.6 Å². The molecule has 1 heterocycles. The van der Waals surface area contributed by atoms with Crippen molar-refractivity contribution >= 4 is 29.2 Å². The summed E-state index contributed by atoms with van der Waals surface area (Å²) in [5.74, 6) is 0.813. The van der Waals surface area contributed by atoms with Crippen LogP contribution in [0.25, 0.3) is 0 Å². The molecule has 0 saturated heterocycles. The molecule has 6 heteroatoms. The molecule has 0 aliphatic carbocycles. The number of benzene rings is 1. The minimum Gasteiger partial charge on any atom is -0.398 e. The molecule has 0 aliphatic rings. The highest BCUT2D eigenvalue weighted by atomic mass is 32.2. The fourth-order valence-corrected chi connectivity index (χ4v) is 2.59. The summed E-state index contributed by atoms with van der Waals surface area (Å²) in [5.41, 5.74) is 8.40. The van der Waals surface area contributed by atoms with Gasteiger partial charge in [-0.1, -0.05) is 25.1 Å². The summed E-state index contributed by atoms with van der Waals surface area (Å²) in [4.78, 5) is 12.9. The van der Waals surface area contributed by atoms with Crippen LogP contribution >= 0.6 is 11.8 Å². The van der Waals surface area contributed by atoms with E-state index in [0.717, 1.165) is 21.8 Å². The molecule has 0 saturated carbocycles. The van der Waals surface area contributed by atoms with E-state index in [1.165, 1.54) is 11.8 Å². The third-order valence-corrected chi connectivity index (χ3v) is 4.23. The zero-order valence-electron chi connectivity index (χ0n) is 12.3. The number of rotatable bonds is 5. The zero-order chi connectivity index (χ0) is 15.4. The van der Waals surface area contributed by atoms with Gasteiger partial charge < -0.3 is 10.3 Å². The van der Waals surface area contributed by atoms with Crippen LogP contribution in [0, 0.1) is 6.92 Å². The van der Waals surface area contributed by atoms with Crippen molar-refractivity contribution in [3.8, 4) is 0 Å². The van der Waals surface area contributed by atoms with Crippen molar-refractivity contribution in [2.24, 2.45) is 0 Å². The third kappa shape index (κ3) is 4.01. The van der Waals surface area contributed by atoms with Crippen molar-refractivity contribution in [2.45, 2.75) is 31.6 Å². The van der Waals surface area contributed by atoms with Crippen LogP contribution in [-0.4, -0.2) is 16.8 Å². The summed E-state index contributed by atoms with van der Waals surface area (Å²) in [6.07, 6.45) is 0. The smallest absolute Gasteiger partial charge is 0.237 e. The summed E-state index contributed by atoms with van der Waals surface area (Å²) in [6.45, 7) is 5.98. The Morgan fingerprint density at radius 2 is 2.24 bits per heavy atom. The van der Waals surface area contributed by atoms with E-state index >= 15 is 0 Å². The van der Waals surface area contributed by atoms with E-state index in [-0.39, 0.29) is 11.8 Å². The highest BCUT2D eigenvalue weighted by molar-refractivity contribution is 8.00. The molecule has 0 fully saturated rings. The molecule has 0 bridgehead atoms. The lowest BCUT2D eigenvalue weighted by molar-refractivity contribution is -0.113. The van der Waals surface area contributed by atoms with Gasteiger partial charge in [0.05, 0.1) is 11.4 Å². The van der Waals surface area contributed by atoms with Gasteiger partial charge in [-0.15, -0.1) is 11.8 Å². The van der Waals surface area contributed by atoms with Gasteiger partial charge in [-0.25, -0.2) is 0 Å². The second-order valence-corrected chi connectivity index (χ2v) is 6.10. The normalized spacial score (nSPS) is 10.9. The molecular formula is C15H19N3O2S. The first kappa shape index (κ1) is 15.4. The highest BCUT2D eigenvalue weighted by Gasteiger charge is 2.11. The monoisotopic (exact) mass is 305 g/mol. The molecule has 0 unspecified atom stereocenters. The Hall–Kier alpha value is -1.95. The van der Waals surface area contributed by atoms with Crippen molar-refractivity contribution < 1.29 is 9.32 Å². The number of carbonyl (C=O) groups is 1. The fourth-order valence-electron chi connectivity index (χ4n) is 1.72. The number of nitrogens with one attached hydrogen (secondary N) is 1. The van der Waals surface area contributed by atoms with Crippen LogP contribution in [-0.2, 0) is 4.79 Å². The number of amides is 1. The first-order valence-electron chi connectivity index (χ1n) is 6.71. The van der Waals surface area contributed by atoms with Crippen LogP contribution in [0.5, 0.6) is 0 Å². The molecule has 2 rings (SSSR count). The molecule has 0 spiro atoms. The lowest BCUT2D eigenvalue weighted by Crippen LogP contribution is -2.13. The standard InChI is InChI=1S/C15H19N3O2S/c1-9(2)12-7-15(20-18-12)17-14(19)8-21-13-6-4-5-11(16)10(13)3/h4-7,9H,8,16H2,1-3H3,(H,17,19). The van der Waals surface area contributed by atoms with Gasteiger partial charge >= 0.3 is 0 Å². The number of aromatic nitrogens is 1. The van der Waals surface area contributed by atoms with E-state index < -0.39 is 0 Å². The average Bonchev–Trinajstić information content (AvgIpc) is 2.89. The maximum atomic E-state index is 11.9. The molecule has 2 aromatic rings. The van der Waals surface area contributed by atoms with Crippen LogP contribution in [0.3, 0.4) is 0 Å². The first-order chi connectivity index (χ1) is 9.97. The molecule has 21 heavy (non-hydrogen) atoms. The lowest BCUT2D eigenvalue weighted by Gasteiger charge is -2.07. The van der Waals surface area contributed by atoms with Gasteiger partial charge in [0.15, 0.2) is 0 Å². The van der Waals surface area contributed by atoms with E-state index in [1.54, 1.807) is 6.07 Å². The first-order valence-corrected chi connectivity index (χ1v) is 7.70. The number of thioether (sulfide) groups is 1. The van der Waals surface area contributed by atoms with Gasteiger partial charge in [0.25, 0.3) is 0 Å². The Kier molecular flexibility index (Phi) is 4.90. The molecule has 1 aromatic carbocycles. The topological polar surface area (TPSA) is 81.2 Å². The van der Waals surface area contributed by atoms with Crippen LogP contribution in [0.2, 0.25) is 0 Å². The molecule has 0 radical (unpaired) electrons. The summed E-state index contributed by atoms with van der Waals surface area (Å²) >= 11 is 1.45. The Morgan fingerprint density at radius 3 is 2.90 bits per heavy atom. The average molecular weight is 305 g/mol. The summed E-state index contributed by atoms with van der Waals surface area (Å²) in [6, 6.07) is 7.43. The number of hydrogen-bond acceptors (Lipinski definition) is 5. The third-order valence-electron chi connectivity index (χ3n) is 3.07. The Morgan fingerprint density at radius 1 is 1.48 bits per heavy atom. The van der Waals surface area contributed by atoms with Gasteiger partial charge in [-0.2, -0.15) is 0 Å². The van der Waals surface area contributed by atoms with Gasteiger partial charge in [0.1, 0.15) is 0 Å². The lowest BCUT2D eigenvalue weighted by atomic mass is 10.1. The molecule has 1 aromatic heterocycles. The highest BCUT2D eigenvalue weighted by Crippen LogP contribution is 2.26. The zero-order valence-corrected chi connectivity index (χ0v) is 13.2. The van der Waals surface area contributed by atoms with Gasteiger partial charge in [0.2, 0.25) is 11.8 Å². The van der Waals surface area contributed by atoms with Gasteiger partial charge in [-0.3, -0.25) is 10.1 Å². The van der Waals surface area contributed by atoms with Crippen LogP contribution in [0.1, 0.15) is 31.0 Å². The quantitative estimate of drug-likeness (QED) is 0.653. The minimum absolute atomic E-state index is 0.131. The summed E-state index contributed by atoms with van der Waals surface area (Å²) in [5, 5.41) is 6.60. The van der Waals surface area contributed by atoms with Crippen molar-refractivity contribution in [3.63, 3.8) is 0 Å². The molecule has 0 aliphatic heterocycles. The molecule has 3 N–H and O–H groups in total. The number of hydrogen-bond donors (Lipinski definition) is 2. The van der Waals surface area contributed by atoms with Gasteiger partial charge in [0, 0.05) is 16.6 Å². The van der Waals surface area contributed by atoms with Crippen molar-refractivity contribution in [3.05, 3.63) is 35.5 Å². The number of carbonyl (C=O) groups excluding carboxylic acids is 1. The maximum Gasteiger partial charge on any atom is 0.237 e. The largest absolute Gasteiger partial charge is 0.398 e. The Labute approximate surface area is 128 Å². The summed E-state index contributed by atoms with van der Waals surface area (Å²) in [7, 11) is 0. The second kappa shape index (κ2) is 6.67. The molecule has 0 atom stereocenters. The van der Waals surface area contributed by atoms with Crippen LogP contribution < -0.4 is 11.1 Å². The predicted octanol–water partition coefficient (Wildman–Crippen LogP) is 3.42. The van der Waals surface area contributed by atoms with E-state index in [1.807, 2.05) is 39.0 Å². The molecule has 1 amide bonds. The van der Waals surface area contributed by atoms with E-state index in [2.05, 4.69) is 10.5 Å². The summed E-state index contributed by atoms with van der Waals surface area (Å²) < 4.78 is 5.08. The fraction of sp³-hybridized carbons (Fsp3) is 0.333. The number of nitrogen functional groups attached to an aromatic ring is 1. The Balaban J connectivity index is 1.91. The minimum atomic E-state index is -0.131. The van der Waals surface area contributed by atoms with E-state index in [0.29, 0.717) is 11.6 Å². The number of anilines is 2. The van der Waals surface area contributed by atoms with Gasteiger partial charge in [-0.05, 0) is 30.5 Å². The predicted molar refractivity (Wildman–Crippen MR) is 85.5 cm³/mol. The number of nitrogens with zero attached hydrogens (tertiary/aromatic N) is 1. The molecular weight excluding hydrogens is 286 g/mol. The van der Waals surface area contributed by atoms with E-state index in [9.17, 15) is 4.79 Å². The van der Waals surface area contributed by atoms with Crippen molar-refractivity contribution in [1.29, 1.82) is 0 Å².